The molecule has 1 N–H and O–H groups in total. The van der Waals surface area contributed by atoms with E-state index in [0.29, 0.717) is 6.61 Å². The fourth-order valence-corrected chi connectivity index (χ4v) is 3.18. The Hall–Kier alpha value is -2.24. The van der Waals surface area contributed by atoms with E-state index in [1.807, 2.05) is 73.3 Å². The topological polar surface area (TPSA) is 50.8 Å². The maximum Gasteiger partial charge on any atom is 0.410 e. The number of ether oxygens (including phenoxy) is 2. The van der Waals surface area contributed by atoms with Gasteiger partial charge in [0.15, 0.2) is 0 Å². The standard InChI is InChI=1S/C21H26N2O3.ClH/c1-16-12-22-13-17(2)23(16)21(24)26-15-19-9-6-10-20(11-19)25-14-18-7-4-3-5-8-18;/h3-11,16-17,22H,12-15H2,1-2H3;1H. The minimum absolute atomic E-state index is 0. The average molecular weight is 391 g/mol. The van der Waals surface area contributed by atoms with Crippen molar-refractivity contribution in [2.45, 2.75) is 39.1 Å². The number of amides is 1. The molecular weight excluding hydrogens is 364 g/mol. The molecule has 27 heavy (non-hydrogen) atoms. The number of hydrogen-bond acceptors (Lipinski definition) is 4. The van der Waals surface area contributed by atoms with Gasteiger partial charge in [-0.05, 0) is 37.1 Å². The summed E-state index contributed by atoms with van der Waals surface area (Å²) >= 11 is 0. The number of benzene rings is 2. The van der Waals surface area contributed by atoms with Crippen LogP contribution in [0.4, 0.5) is 4.79 Å². The minimum atomic E-state index is -0.262. The highest BCUT2D eigenvalue weighted by Crippen LogP contribution is 2.17. The molecule has 2 aromatic carbocycles. The minimum Gasteiger partial charge on any atom is -0.489 e. The van der Waals surface area contributed by atoms with Crippen LogP contribution in [0, 0.1) is 0 Å². The summed E-state index contributed by atoms with van der Waals surface area (Å²) in [6, 6.07) is 18.0. The van der Waals surface area contributed by atoms with Crippen molar-refractivity contribution in [3.05, 3.63) is 65.7 Å². The number of carbonyl (C=O) groups excluding carboxylic acids is 1. The van der Waals surface area contributed by atoms with Crippen LogP contribution in [0.2, 0.25) is 0 Å². The van der Waals surface area contributed by atoms with Crippen molar-refractivity contribution >= 4 is 18.5 Å². The van der Waals surface area contributed by atoms with Gasteiger partial charge in [-0.3, -0.25) is 0 Å². The summed E-state index contributed by atoms with van der Waals surface area (Å²) in [5.74, 6) is 0.770. The molecule has 2 aromatic rings. The Morgan fingerprint density at radius 1 is 1.00 bits per heavy atom. The maximum absolute atomic E-state index is 12.4. The molecule has 2 atom stereocenters. The van der Waals surface area contributed by atoms with Gasteiger partial charge in [-0.1, -0.05) is 42.5 Å². The number of carbonyl (C=O) groups is 1. The van der Waals surface area contributed by atoms with Gasteiger partial charge in [0.05, 0.1) is 0 Å². The molecule has 3 rings (SSSR count). The largest absolute Gasteiger partial charge is 0.489 e. The average Bonchev–Trinajstić information content (AvgIpc) is 2.66. The second-order valence-electron chi connectivity index (χ2n) is 6.74. The molecular formula is C21H27ClN2O3. The molecule has 6 heteroatoms. The smallest absolute Gasteiger partial charge is 0.410 e. The first-order chi connectivity index (χ1) is 12.6. The van der Waals surface area contributed by atoms with Gasteiger partial charge in [0, 0.05) is 25.2 Å². The monoisotopic (exact) mass is 390 g/mol. The Labute approximate surface area is 167 Å². The molecule has 146 valence electrons. The van der Waals surface area contributed by atoms with E-state index in [4.69, 9.17) is 9.47 Å². The number of nitrogens with one attached hydrogen (secondary N) is 1. The van der Waals surface area contributed by atoms with E-state index in [9.17, 15) is 4.79 Å². The molecule has 0 aliphatic carbocycles. The van der Waals surface area contributed by atoms with Crippen molar-refractivity contribution in [2.75, 3.05) is 13.1 Å². The van der Waals surface area contributed by atoms with Crippen LogP contribution in [0.5, 0.6) is 5.75 Å². The van der Waals surface area contributed by atoms with Crippen LogP contribution in [-0.2, 0) is 18.0 Å². The van der Waals surface area contributed by atoms with E-state index in [2.05, 4.69) is 5.32 Å². The number of halogens is 1. The van der Waals surface area contributed by atoms with Crippen LogP contribution in [0.3, 0.4) is 0 Å². The summed E-state index contributed by atoms with van der Waals surface area (Å²) in [6.45, 7) is 6.40. The molecule has 0 saturated carbocycles. The van der Waals surface area contributed by atoms with Crippen molar-refractivity contribution < 1.29 is 14.3 Å². The number of rotatable bonds is 5. The van der Waals surface area contributed by atoms with Gasteiger partial charge in [0.25, 0.3) is 0 Å². The summed E-state index contributed by atoms with van der Waals surface area (Å²) in [5.41, 5.74) is 2.03. The van der Waals surface area contributed by atoms with Gasteiger partial charge in [-0.2, -0.15) is 0 Å². The molecule has 0 aromatic heterocycles. The third kappa shape index (κ3) is 5.88. The Morgan fingerprint density at radius 2 is 1.67 bits per heavy atom. The fraction of sp³-hybridized carbons (Fsp3) is 0.381. The van der Waals surface area contributed by atoms with Gasteiger partial charge in [-0.25, -0.2) is 4.79 Å². The Balaban J connectivity index is 0.00000261. The lowest BCUT2D eigenvalue weighted by atomic mass is 10.1. The third-order valence-electron chi connectivity index (χ3n) is 4.55. The highest BCUT2D eigenvalue weighted by atomic mass is 35.5. The molecule has 0 spiro atoms. The predicted molar refractivity (Wildman–Crippen MR) is 108 cm³/mol. The zero-order valence-electron chi connectivity index (χ0n) is 15.8. The van der Waals surface area contributed by atoms with Crippen LogP contribution < -0.4 is 10.1 Å². The normalized spacial score (nSPS) is 19.1. The summed E-state index contributed by atoms with van der Waals surface area (Å²) in [6.07, 6.45) is -0.262. The van der Waals surface area contributed by atoms with Crippen molar-refractivity contribution in [3.63, 3.8) is 0 Å². The third-order valence-corrected chi connectivity index (χ3v) is 4.55. The van der Waals surface area contributed by atoms with Crippen molar-refractivity contribution in [1.29, 1.82) is 0 Å². The van der Waals surface area contributed by atoms with Gasteiger partial charge in [0.2, 0.25) is 0 Å². The predicted octanol–water partition coefficient (Wildman–Crippen LogP) is 4.01. The van der Waals surface area contributed by atoms with E-state index in [1.54, 1.807) is 0 Å². The van der Waals surface area contributed by atoms with Crippen LogP contribution in [0.1, 0.15) is 25.0 Å². The van der Waals surface area contributed by atoms with Gasteiger partial charge in [-0.15, -0.1) is 12.4 Å². The van der Waals surface area contributed by atoms with E-state index in [-0.39, 0.29) is 37.2 Å². The van der Waals surface area contributed by atoms with Crippen LogP contribution in [0.25, 0.3) is 0 Å². The van der Waals surface area contributed by atoms with Crippen molar-refractivity contribution in [3.8, 4) is 5.75 Å². The molecule has 1 amide bonds. The Morgan fingerprint density at radius 3 is 2.37 bits per heavy atom. The molecule has 2 unspecified atom stereocenters. The SMILES string of the molecule is CC1CNCC(C)N1C(=O)OCc1cccc(OCc2ccccc2)c1.Cl. The molecule has 1 heterocycles. The Kier molecular flexibility index (Phi) is 7.95. The molecule has 5 nitrogen and oxygen atoms in total. The summed E-state index contributed by atoms with van der Waals surface area (Å²) in [4.78, 5) is 14.2. The first-order valence-electron chi connectivity index (χ1n) is 9.05. The lowest BCUT2D eigenvalue weighted by molar-refractivity contribution is 0.0563. The van der Waals surface area contributed by atoms with E-state index >= 15 is 0 Å². The van der Waals surface area contributed by atoms with Crippen LogP contribution in [-0.4, -0.2) is 36.2 Å². The van der Waals surface area contributed by atoms with Crippen LogP contribution in [0.15, 0.2) is 54.6 Å². The zero-order chi connectivity index (χ0) is 18.4. The first kappa shape index (κ1) is 21.1. The van der Waals surface area contributed by atoms with Crippen LogP contribution >= 0.6 is 12.4 Å². The quantitative estimate of drug-likeness (QED) is 0.838. The maximum atomic E-state index is 12.4. The van der Waals surface area contributed by atoms with E-state index < -0.39 is 0 Å². The van der Waals surface area contributed by atoms with Crippen molar-refractivity contribution in [1.82, 2.24) is 10.2 Å². The molecule has 0 bridgehead atoms. The molecule has 1 saturated heterocycles. The second kappa shape index (κ2) is 10.2. The number of nitrogens with zero attached hydrogens (tertiary/aromatic N) is 1. The second-order valence-corrected chi connectivity index (χ2v) is 6.74. The summed E-state index contributed by atoms with van der Waals surface area (Å²) in [5, 5.41) is 3.31. The van der Waals surface area contributed by atoms with Crippen molar-refractivity contribution in [2.24, 2.45) is 0 Å². The van der Waals surface area contributed by atoms with Gasteiger partial charge >= 0.3 is 6.09 Å². The zero-order valence-corrected chi connectivity index (χ0v) is 16.6. The lowest BCUT2D eigenvalue weighted by Crippen LogP contribution is -2.57. The molecule has 0 radical (unpaired) electrons. The summed E-state index contributed by atoms with van der Waals surface area (Å²) < 4.78 is 11.4. The van der Waals surface area contributed by atoms with E-state index in [1.165, 1.54) is 0 Å². The molecule has 1 fully saturated rings. The highest BCUT2D eigenvalue weighted by molar-refractivity contribution is 5.85. The van der Waals surface area contributed by atoms with Gasteiger partial charge < -0.3 is 19.7 Å². The lowest BCUT2D eigenvalue weighted by Gasteiger charge is -2.38. The van der Waals surface area contributed by atoms with Gasteiger partial charge in [0.1, 0.15) is 19.0 Å². The fourth-order valence-electron chi connectivity index (χ4n) is 3.18. The molecule has 1 aliphatic heterocycles. The number of piperazine rings is 1. The van der Waals surface area contributed by atoms with E-state index in [0.717, 1.165) is 30.0 Å². The summed E-state index contributed by atoms with van der Waals surface area (Å²) in [7, 11) is 0. The Bertz CT molecular complexity index is 716. The number of hydrogen-bond donors (Lipinski definition) is 1. The molecule has 1 aliphatic rings. The first-order valence-corrected chi connectivity index (χ1v) is 9.05. The highest BCUT2D eigenvalue weighted by Gasteiger charge is 2.29.